The van der Waals surface area contributed by atoms with Crippen molar-refractivity contribution in [2.24, 2.45) is 5.92 Å². The molecule has 6 nitrogen and oxygen atoms in total. The first-order chi connectivity index (χ1) is 15.6. The number of benzene rings is 1. The fourth-order valence-corrected chi connectivity index (χ4v) is 4.45. The Labute approximate surface area is 191 Å². The number of carbonyl (C=O) groups excluding carboxylic acids is 1. The Hall–Kier alpha value is -2.34. The lowest BCUT2D eigenvalue weighted by Crippen LogP contribution is -2.31. The van der Waals surface area contributed by atoms with Gasteiger partial charge in [-0.15, -0.1) is 0 Å². The molecule has 1 aromatic carbocycles. The summed E-state index contributed by atoms with van der Waals surface area (Å²) in [6.07, 6.45) is 9.45. The molecule has 2 aliphatic rings. The predicted molar refractivity (Wildman–Crippen MR) is 126 cm³/mol. The Kier molecular flexibility index (Phi) is 7.85. The van der Waals surface area contributed by atoms with E-state index in [1.807, 2.05) is 24.3 Å². The highest BCUT2D eigenvalue weighted by molar-refractivity contribution is 5.83. The average Bonchev–Trinajstić information content (AvgIpc) is 3.35. The van der Waals surface area contributed by atoms with E-state index in [4.69, 9.17) is 9.15 Å². The lowest BCUT2D eigenvalue weighted by atomic mass is 9.99. The molecule has 2 aromatic rings. The lowest BCUT2D eigenvalue weighted by Gasteiger charge is -2.20. The smallest absolute Gasteiger partial charge is 0.229 e. The number of hydrogen-bond acceptors (Lipinski definition) is 5. The van der Waals surface area contributed by atoms with Crippen LogP contribution in [0.5, 0.6) is 5.75 Å². The highest BCUT2D eigenvalue weighted by Gasteiger charge is 2.27. The third-order valence-corrected chi connectivity index (χ3v) is 6.68. The maximum absolute atomic E-state index is 12.7. The minimum Gasteiger partial charge on any atom is -0.494 e. The average molecular weight is 440 g/mol. The molecule has 6 heteroatoms. The highest BCUT2D eigenvalue weighted by Crippen LogP contribution is 2.29. The molecule has 4 rings (SSSR count). The van der Waals surface area contributed by atoms with Crippen LogP contribution in [-0.2, 0) is 4.79 Å². The molecule has 174 valence electrons. The van der Waals surface area contributed by atoms with E-state index in [-0.39, 0.29) is 11.8 Å². The summed E-state index contributed by atoms with van der Waals surface area (Å²) in [4.78, 5) is 19.9. The third-order valence-electron chi connectivity index (χ3n) is 6.68. The molecule has 0 bridgehead atoms. The van der Waals surface area contributed by atoms with Crippen LogP contribution in [-0.4, -0.2) is 48.1 Å². The molecule has 2 unspecified atom stereocenters. The van der Waals surface area contributed by atoms with Crippen LogP contribution in [0.4, 0.5) is 0 Å². The summed E-state index contributed by atoms with van der Waals surface area (Å²) in [5.74, 6) is 1.88. The van der Waals surface area contributed by atoms with Gasteiger partial charge in [-0.2, -0.15) is 0 Å². The summed E-state index contributed by atoms with van der Waals surface area (Å²) in [6, 6.07) is 8.57. The largest absolute Gasteiger partial charge is 0.494 e. The quantitative estimate of drug-likeness (QED) is 0.471. The maximum atomic E-state index is 12.7. The number of nitrogens with zero attached hydrogens (tertiary/aromatic N) is 2. The van der Waals surface area contributed by atoms with Gasteiger partial charge in [0.1, 0.15) is 12.0 Å². The van der Waals surface area contributed by atoms with Crippen molar-refractivity contribution in [3.8, 4) is 17.2 Å². The Morgan fingerprint density at radius 2 is 2.09 bits per heavy atom. The van der Waals surface area contributed by atoms with Crippen LogP contribution in [0.25, 0.3) is 11.5 Å². The molecule has 2 heterocycles. The predicted octanol–water partition coefficient (Wildman–Crippen LogP) is 5.00. The van der Waals surface area contributed by atoms with Crippen LogP contribution in [0, 0.1) is 5.92 Å². The van der Waals surface area contributed by atoms with Gasteiger partial charge in [-0.05, 0) is 82.2 Å². The number of rotatable bonds is 12. The summed E-state index contributed by atoms with van der Waals surface area (Å²) >= 11 is 0. The van der Waals surface area contributed by atoms with Gasteiger partial charge in [0.25, 0.3) is 0 Å². The molecule has 1 aromatic heterocycles. The van der Waals surface area contributed by atoms with Crippen molar-refractivity contribution >= 4 is 5.91 Å². The minimum absolute atomic E-state index is 0.0608. The van der Waals surface area contributed by atoms with Crippen molar-refractivity contribution in [2.45, 2.75) is 70.8 Å². The zero-order valence-corrected chi connectivity index (χ0v) is 19.5. The number of carbonyl (C=O) groups is 1. The van der Waals surface area contributed by atoms with Crippen LogP contribution in [0.3, 0.4) is 0 Å². The number of ether oxygens (including phenoxy) is 1. The van der Waals surface area contributed by atoms with Crippen LogP contribution in [0.2, 0.25) is 0 Å². The maximum Gasteiger partial charge on any atom is 0.229 e. The van der Waals surface area contributed by atoms with E-state index in [1.165, 1.54) is 32.2 Å². The Balaban J connectivity index is 1.29. The SMILES string of the molecule is CCCC(C(=O)NCC1CC1)c1coc(-c2ccc(OCCCN3CCCC3C)cc2)n1. The molecule has 0 radical (unpaired) electrons. The lowest BCUT2D eigenvalue weighted by molar-refractivity contribution is -0.122. The van der Waals surface area contributed by atoms with Gasteiger partial charge in [0.2, 0.25) is 11.8 Å². The zero-order chi connectivity index (χ0) is 22.3. The van der Waals surface area contributed by atoms with E-state index in [0.29, 0.717) is 23.5 Å². The van der Waals surface area contributed by atoms with E-state index in [2.05, 4.69) is 29.0 Å². The third kappa shape index (κ3) is 6.12. The second-order valence-electron chi connectivity index (χ2n) is 9.36. The Bertz CT molecular complexity index is 859. The van der Waals surface area contributed by atoms with Crippen molar-refractivity contribution in [3.63, 3.8) is 0 Å². The second-order valence-corrected chi connectivity index (χ2v) is 9.36. The number of likely N-dealkylation sites (tertiary alicyclic amines) is 1. The normalized spacial score (nSPS) is 19.8. The van der Waals surface area contributed by atoms with Gasteiger partial charge in [-0.25, -0.2) is 4.98 Å². The van der Waals surface area contributed by atoms with Crippen LogP contribution < -0.4 is 10.1 Å². The fourth-order valence-electron chi connectivity index (χ4n) is 4.45. The monoisotopic (exact) mass is 439 g/mol. The summed E-state index contributed by atoms with van der Waals surface area (Å²) < 4.78 is 11.7. The molecular weight excluding hydrogens is 402 g/mol. The van der Waals surface area contributed by atoms with Crippen molar-refractivity contribution in [1.82, 2.24) is 15.2 Å². The number of hydrogen-bond donors (Lipinski definition) is 1. The minimum atomic E-state index is -0.253. The van der Waals surface area contributed by atoms with Gasteiger partial charge in [0.15, 0.2) is 0 Å². The topological polar surface area (TPSA) is 67.6 Å². The second kappa shape index (κ2) is 11.0. The van der Waals surface area contributed by atoms with Crippen molar-refractivity contribution in [2.75, 3.05) is 26.2 Å². The first kappa shape index (κ1) is 22.8. The van der Waals surface area contributed by atoms with E-state index >= 15 is 0 Å². The van der Waals surface area contributed by atoms with Gasteiger partial charge in [0.05, 0.1) is 18.2 Å². The molecule has 1 aliphatic heterocycles. The Morgan fingerprint density at radius 1 is 1.28 bits per heavy atom. The van der Waals surface area contributed by atoms with Gasteiger partial charge >= 0.3 is 0 Å². The van der Waals surface area contributed by atoms with Gasteiger partial charge in [0, 0.05) is 24.7 Å². The molecule has 1 N–H and O–H groups in total. The molecular formula is C26H37N3O3. The Morgan fingerprint density at radius 3 is 2.78 bits per heavy atom. The van der Waals surface area contributed by atoms with Crippen molar-refractivity contribution in [1.29, 1.82) is 0 Å². The molecule has 2 atom stereocenters. The van der Waals surface area contributed by atoms with E-state index in [1.54, 1.807) is 6.26 Å². The van der Waals surface area contributed by atoms with Crippen LogP contribution >= 0.6 is 0 Å². The fraction of sp³-hybridized carbons (Fsp3) is 0.615. The van der Waals surface area contributed by atoms with E-state index < -0.39 is 0 Å². The molecule has 1 amide bonds. The molecule has 1 saturated heterocycles. The van der Waals surface area contributed by atoms with Gasteiger partial charge < -0.3 is 19.4 Å². The summed E-state index contributed by atoms with van der Waals surface area (Å²) in [5, 5.41) is 3.09. The van der Waals surface area contributed by atoms with Crippen molar-refractivity contribution < 1.29 is 13.9 Å². The molecule has 1 saturated carbocycles. The molecule has 32 heavy (non-hydrogen) atoms. The van der Waals surface area contributed by atoms with E-state index in [9.17, 15) is 4.79 Å². The molecule has 2 fully saturated rings. The van der Waals surface area contributed by atoms with Crippen LogP contribution in [0.1, 0.15) is 70.4 Å². The zero-order valence-electron chi connectivity index (χ0n) is 19.5. The molecule has 1 aliphatic carbocycles. The summed E-state index contributed by atoms with van der Waals surface area (Å²) in [5.41, 5.74) is 1.61. The number of aromatic nitrogens is 1. The summed E-state index contributed by atoms with van der Waals surface area (Å²) in [7, 11) is 0. The summed E-state index contributed by atoms with van der Waals surface area (Å²) in [6.45, 7) is 8.22. The first-order valence-electron chi connectivity index (χ1n) is 12.3. The van der Waals surface area contributed by atoms with Gasteiger partial charge in [-0.1, -0.05) is 13.3 Å². The number of oxazole rings is 1. The van der Waals surface area contributed by atoms with E-state index in [0.717, 1.165) is 50.3 Å². The first-order valence-corrected chi connectivity index (χ1v) is 12.3. The molecule has 0 spiro atoms. The number of amides is 1. The van der Waals surface area contributed by atoms with Crippen LogP contribution in [0.15, 0.2) is 34.9 Å². The van der Waals surface area contributed by atoms with Gasteiger partial charge in [-0.3, -0.25) is 4.79 Å². The highest BCUT2D eigenvalue weighted by atomic mass is 16.5. The van der Waals surface area contributed by atoms with Crippen molar-refractivity contribution in [3.05, 3.63) is 36.2 Å². The number of nitrogens with one attached hydrogen (secondary N) is 1. The standard InChI is InChI=1S/C26H37N3O3/c1-3-6-23(25(30)27-17-20-8-9-20)24-18-32-26(28-24)21-10-12-22(13-11-21)31-16-5-15-29-14-4-7-19(29)2/h10-13,18-20,23H,3-9,14-17H2,1-2H3,(H,27,30).